The van der Waals surface area contributed by atoms with Crippen LogP contribution in [0.2, 0.25) is 10.0 Å². The molecule has 1 fully saturated rings. The maximum Gasteiger partial charge on any atom is 0.253 e. The lowest BCUT2D eigenvalue weighted by Gasteiger charge is -2.38. The minimum Gasteiger partial charge on any atom is -0.339 e. The number of sulfone groups is 1. The number of carbonyl (C=O) groups excluding carboxylic acids is 1. The molecule has 3 rings (SSSR count). The fraction of sp³-hybridized carbons (Fsp3) is 0.435. The van der Waals surface area contributed by atoms with Gasteiger partial charge in [-0.25, -0.2) is 8.42 Å². The molecule has 5 nitrogen and oxygen atoms in total. The van der Waals surface area contributed by atoms with E-state index < -0.39 is 9.84 Å². The molecule has 0 radical (unpaired) electrons. The summed E-state index contributed by atoms with van der Waals surface area (Å²) in [6.07, 6.45) is 2.59. The third-order valence-electron chi connectivity index (χ3n) is 5.68. The molecule has 0 aliphatic carbocycles. The minimum absolute atomic E-state index is 0.0176. The fourth-order valence-electron chi connectivity index (χ4n) is 4.02. The van der Waals surface area contributed by atoms with Gasteiger partial charge in [0.1, 0.15) is 0 Å². The Labute approximate surface area is 194 Å². The summed E-state index contributed by atoms with van der Waals surface area (Å²) in [5, 5.41) is 0.544. The van der Waals surface area contributed by atoms with Crippen molar-refractivity contribution in [3.63, 3.8) is 0 Å². The highest BCUT2D eigenvalue weighted by Gasteiger charge is 2.28. The van der Waals surface area contributed by atoms with Gasteiger partial charge in [0.05, 0.1) is 15.7 Å². The molecule has 0 atom stereocenters. The van der Waals surface area contributed by atoms with E-state index in [9.17, 15) is 13.2 Å². The summed E-state index contributed by atoms with van der Waals surface area (Å²) in [6.45, 7) is 4.67. The summed E-state index contributed by atoms with van der Waals surface area (Å²) in [4.78, 5) is 16.9. The molecule has 0 bridgehead atoms. The van der Waals surface area contributed by atoms with Crippen LogP contribution in [0.25, 0.3) is 0 Å². The van der Waals surface area contributed by atoms with E-state index in [0.29, 0.717) is 30.2 Å². The van der Waals surface area contributed by atoms with Gasteiger partial charge < -0.3 is 4.90 Å². The van der Waals surface area contributed by atoms with Gasteiger partial charge in [0, 0.05) is 36.3 Å². The molecule has 0 aromatic heterocycles. The summed E-state index contributed by atoms with van der Waals surface area (Å²) >= 11 is 12.1. The van der Waals surface area contributed by atoms with Gasteiger partial charge in [-0.05, 0) is 56.1 Å². The Kier molecular flexibility index (Phi) is 8.39. The molecule has 1 saturated heterocycles. The van der Waals surface area contributed by atoms with E-state index in [4.69, 9.17) is 23.2 Å². The van der Waals surface area contributed by atoms with Gasteiger partial charge in [-0.15, -0.1) is 0 Å². The van der Waals surface area contributed by atoms with Gasteiger partial charge in [-0.1, -0.05) is 48.3 Å². The van der Waals surface area contributed by atoms with Crippen molar-refractivity contribution >= 4 is 38.9 Å². The predicted octanol–water partition coefficient (Wildman–Crippen LogP) is 4.78. The fourth-order valence-corrected chi connectivity index (χ4v) is 6.10. The second kappa shape index (κ2) is 10.8. The highest BCUT2D eigenvalue weighted by molar-refractivity contribution is 7.91. The molecular formula is C23H28Cl2N2O3S. The molecule has 0 saturated carbocycles. The molecule has 0 spiro atoms. The lowest BCUT2D eigenvalue weighted by Crippen LogP contribution is -2.48. The van der Waals surface area contributed by atoms with Crippen LogP contribution in [0.4, 0.5) is 0 Å². The van der Waals surface area contributed by atoms with Crippen molar-refractivity contribution in [1.29, 1.82) is 0 Å². The second-order valence-corrected chi connectivity index (χ2v) is 10.7. The SMILES string of the molecule is CCCN(CCS(=O)(=O)c1cc(Cl)ccc1Cl)C1CCN(C(=O)c2ccccc2)CC1. The van der Waals surface area contributed by atoms with Crippen LogP contribution < -0.4 is 0 Å². The van der Waals surface area contributed by atoms with Gasteiger partial charge in [-0.2, -0.15) is 0 Å². The molecule has 2 aromatic rings. The standard InChI is InChI=1S/C23H28Cl2N2O3S/c1-2-12-26(15-16-31(29,30)22-17-19(24)8-9-21(22)25)20-10-13-27(14-11-20)23(28)18-6-4-3-5-7-18/h3-9,17,20H,2,10-16H2,1H3. The first-order valence-electron chi connectivity index (χ1n) is 10.6. The smallest absolute Gasteiger partial charge is 0.253 e. The summed E-state index contributed by atoms with van der Waals surface area (Å²) in [6, 6.07) is 14.1. The van der Waals surface area contributed by atoms with Crippen molar-refractivity contribution in [2.24, 2.45) is 0 Å². The Hall–Kier alpha value is -1.60. The first kappa shape index (κ1) is 24.1. The van der Waals surface area contributed by atoms with Crippen molar-refractivity contribution in [3.8, 4) is 0 Å². The van der Waals surface area contributed by atoms with Crippen LogP contribution in [0.5, 0.6) is 0 Å². The molecule has 8 heteroatoms. The van der Waals surface area contributed by atoms with Crippen LogP contribution in [0.15, 0.2) is 53.4 Å². The zero-order valence-corrected chi connectivity index (χ0v) is 20.0. The van der Waals surface area contributed by atoms with Crippen molar-refractivity contribution < 1.29 is 13.2 Å². The number of hydrogen-bond donors (Lipinski definition) is 0. The van der Waals surface area contributed by atoms with E-state index in [2.05, 4.69) is 11.8 Å². The average Bonchev–Trinajstić information content (AvgIpc) is 2.78. The van der Waals surface area contributed by atoms with E-state index in [1.807, 2.05) is 35.2 Å². The third kappa shape index (κ3) is 6.22. The quantitative estimate of drug-likeness (QED) is 0.542. The lowest BCUT2D eigenvalue weighted by atomic mass is 10.0. The highest BCUT2D eigenvalue weighted by Crippen LogP contribution is 2.26. The van der Waals surface area contributed by atoms with E-state index in [1.54, 1.807) is 6.07 Å². The zero-order valence-electron chi connectivity index (χ0n) is 17.6. The molecule has 168 valence electrons. The van der Waals surface area contributed by atoms with Gasteiger partial charge in [0.2, 0.25) is 0 Å². The Morgan fingerprint density at radius 3 is 2.39 bits per heavy atom. The van der Waals surface area contributed by atoms with Crippen LogP contribution in [0, 0.1) is 0 Å². The molecule has 0 N–H and O–H groups in total. The van der Waals surface area contributed by atoms with E-state index in [1.165, 1.54) is 12.1 Å². The Bertz CT molecular complexity index is 991. The van der Waals surface area contributed by atoms with Crippen molar-refractivity contribution in [2.45, 2.75) is 37.1 Å². The third-order valence-corrected chi connectivity index (χ3v) is 8.08. The van der Waals surface area contributed by atoms with E-state index in [-0.39, 0.29) is 27.6 Å². The van der Waals surface area contributed by atoms with Crippen LogP contribution in [0.3, 0.4) is 0 Å². The normalized spacial score (nSPS) is 15.4. The number of halogens is 2. The number of piperidine rings is 1. The molecular weight excluding hydrogens is 455 g/mol. The predicted molar refractivity (Wildman–Crippen MR) is 126 cm³/mol. The number of amides is 1. The number of benzene rings is 2. The van der Waals surface area contributed by atoms with Crippen LogP contribution >= 0.6 is 23.2 Å². The summed E-state index contributed by atoms with van der Waals surface area (Å²) in [5.74, 6) is 0.0372. The molecule has 1 aliphatic heterocycles. The molecule has 1 heterocycles. The van der Waals surface area contributed by atoms with Crippen LogP contribution in [0.1, 0.15) is 36.5 Å². The first-order valence-corrected chi connectivity index (χ1v) is 13.0. The Morgan fingerprint density at radius 2 is 1.74 bits per heavy atom. The van der Waals surface area contributed by atoms with E-state index >= 15 is 0 Å². The summed E-state index contributed by atoms with van der Waals surface area (Å²) in [7, 11) is -3.55. The summed E-state index contributed by atoms with van der Waals surface area (Å²) < 4.78 is 25.7. The van der Waals surface area contributed by atoms with Gasteiger partial charge in [0.25, 0.3) is 5.91 Å². The van der Waals surface area contributed by atoms with Crippen molar-refractivity contribution in [2.75, 3.05) is 31.9 Å². The highest BCUT2D eigenvalue weighted by atomic mass is 35.5. The number of nitrogens with zero attached hydrogens (tertiary/aromatic N) is 2. The topological polar surface area (TPSA) is 57.7 Å². The number of likely N-dealkylation sites (tertiary alicyclic amines) is 1. The Morgan fingerprint density at radius 1 is 1.06 bits per heavy atom. The lowest BCUT2D eigenvalue weighted by molar-refractivity contribution is 0.0626. The average molecular weight is 483 g/mol. The van der Waals surface area contributed by atoms with Crippen molar-refractivity contribution in [1.82, 2.24) is 9.80 Å². The molecule has 31 heavy (non-hydrogen) atoms. The zero-order chi connectivity index (χ0) is 22.4. The van der Waals surface area contributed by atoms with Gasteiger partial charge in [0.15, 0.2) is 9.84 Å². The summed E-state index contributed by atoms with van der Waals surface area (Å²) in [5.41, 5.74) is 0.704. The number of carbonyl (C=O) groups is 1. The second-order valence-electron chi connectivity index (χ2n) is 7.82. The van der Waals surface area contributed by atoms with Crippen LogP contribution in [-0.2, 0) is 9.84 Å². The number of hydrogen-bond acceptors (Lipinski definition) is 4. The maximum atomic E-state index is 12.9. The minimum atomic E-state index is -3.55. The van der Waals surface area contributed by atoms with Crippen molar-refractivity contribution in [3.05, 3.63) is 64.1 Å². The molecule has 1 amide bonds. The van der Waals surface area contributed by atoms with Crippen LogP contribution in [-0.4, -0.2) is 62.1 Å². The maximum absolute atomic E-state index is 12.9. The largest absolute Gasteiger partial charge is 0.339 e. The van der Waals surface area contributed by atoms with E-state index in [0.717, 1.165) is 25.8 Å². The van der Waals surface area contributed by atoms with Gasteiger partial charge >= 0.3 is 0 Å². The Balaban J connectivity index is 1.61. The number of rotatable bonds is 8. The first-order chi connectivity index (χ1) is 14.8. The van der Waals surface area contributed by atoms with Gasteiger partial charge in [-0.3, -0.25) is 9.69 Å². The molecule has 1 aliphatic rings. The monoisotopic (exact) mass is 482 g/mol. The molecule has 0 unspecified atom stereocenters. The molecule has 2 aromatic carbocycles.